The minimum Gasteiger partial charge on any atom is -0.348 e. The van der Waals surface area contributed by atoms with Crippen molar-refractivity contribution in [2.45, 2.75) is 19.5 Å². The average Bonchev–Trinajstić information content (AvgIpc) is 2.78. The number of nitrogens with zero attached hydrogens (tertiary/aromatic N) is 1. The zero-order valence-electron chi connectivity index (χ0n) is 16.6. The lowest BCUT2D eigenvalue weighted by atomic mass is 10.1. The van der Waals surface area contributed by atoms with Crippen LogP contribution in [0, 0.1) is 4.77 Å². The maximum Gasteiger partial charge on any atom is 0.262 e. The summed E-state index contributed by atoms with van der Waals surface area (Å²) in [6.07, 6.45) is 0.703. The van der Waals surface area contributed by atoms with Crippen molar-refractivity contribution >= 4 is 40.6 Å². The number of aryl methyl sites for hydroxylation is 1. The fourth-order valence-electron chi connectivity index (χ4n) is 3.37. The first kappa shape index (κ1) is 21.0. The Labute approximate surface area is 189 Å². The van der Waals surface area contributed by atoms with E-state index in [2.05, 4.69) is 10.3 Å². The molecule has 4 rings (SSSR count). The van der Waals surface area contributed by atoms with Crippen LogP contribution in [0.25, 0.3) is 10.9 Å². The number of nitrogens with one attached hydrogen (secondary N) is 2. The summed E-state index contributed by atoms with van der Waals surface area (Å²) in [7, 11) is 0. The lowest BCUT2D eigenvalue weighted by molar-refractivity contribution is 0.0951. The molecule has 0 saturated heterocycles. The normalized spacial score (nSPS) is 10.9. The topological polar surface area (TPSA) is 66.9 Å². The second kappa shape index (κ2) is 9.29. The Morgan fingerprint density at radius 2 is 1.74 bits per heavy atom. The van der Waals surface area contributed by atoms with Crippen molar-refractivity contribution in [2.24, 2.45) is 0 Å². The third-order valence-electron chi connectivity index (χ3n) is 5.08. The van der Waals surface area contributed by atoms with Crippen LogP contribution in [0.1, 0.15) is 21.5 Å². The summed E-state index contributed by atoms with van der Waals surface area (Å²) in [5, 5.41) is 4.02. The van der Waals surface area contributed by atoms with E-state index in [0.717, 1.165) is 11.1 Å². The number of rotatable bonds is 6. The van der Waals surface area contributed by atoms with Crippen LogP contribution in [0.4, 0.5) is 0 Å². The van der Waals surface area contributed by atoms with Gasteiger partial charge < -0.3 is 10.3 Å². The number of halogens is 1. The highest BCUT2D eigenvalue weighted by molar-refractivity contribution is 7.71. The van der Waals surface area contributed by atoms with Gasteiger partial charge in [-0.2, -0.15) is 0 Å². The molecular formula is C24H20ClN3O2S. The molecule has 1 amide bonds. The molecule has 2 N–H and O–H groups in total. The van der Waals surface area contributed by atoms with E-state index in [-0.39, 0.29) is 11.5 Å². The lowest BCUT2D eigenvalue weighted by Gasteiger charge is -2.10. The van der Waals surface area contributed by atoms with Crippen molar-refractivity contribution in [3.8, 4) is 0 Å². The minimum atomic E-state index is -0.232. The van der Waals surface area contributed by atoms with Gasteiger partial charge >= 0.3 is 0 Å². The zero-order chi connectivity index (χ0) is 21.8. The molecule has 0 fully saturated rings. The number of aromatic amines is 1. The summed E-state index contributed by atoms with van der Waals surface area (Å²) in [6.45, 7) is 0.864. The number of benzene rings is 3. The number of fused-ring (bicyclic) bond motifs is 1. The maximum absolute atomic E-state index is 13.0. The minimum absolute atomic E-state index is 0.164. The van der Waals surface area contributed by atoms with Crippen LogP contribution >= 0.6 is 23.8 Å². The zero-order valence-corrected chi connectivity index (χ0v) is 18.2. The summed E-state index contributed by atoms with van der Waals surface area (Å²) >= 11 is 11.3. The third kappa shape index (κ3) is 4.93. The largest absolute Gasteiger partial charge is 0.348 e. The summed E-state index contributed by atoms with van der Waals surface area (Å²) in [6, 6.07) is 22.2. The van der Waals surface area contributed by atoms with Gasteiger partial charge in [-0.15, -0.1) is 0 Å². The summed E-state index contributed by atoms with van der Waals surface area (Å²) in [5.74, 6) is -0.232. The molecule has 0 aliphatic rings. The first-order chi connectivity index (χ1) is 15.0. The fourth-order valence-corrected chi connectivity index (χ4v) is 3.78. The van der Waals surface area contributed by atoms with Gasteiger partial charge in [-0.05, 0) is 60.1 Å². The van der Waals surface area contributed by atoms with Crippen LogP contribution in [-0.4, -0.2) is 15.5 Å². The van der Waals surface area contributed by atoms with E-state index in [1.807, 2.05) is 42.5 Å². The number of carbonyl (C=O) groups is 1. The number of aromatic nitrogens is 2. The van der Waals surface area contributed by atoms with E-state index >= 15 is 0 Å². The molecule has 1 heterocycles. The Morgan fingerprint density at radius 1 is 1.00 bits per heavy atom. The van der Waals surface area contributed by atoms with Crippen LogP contribution in [0.3, 0.4) is 0 Å². The van der Waals surface area contributed by atoms with Crippen molar-refractivity contribution < 1.29 is 4.79 Å². The van der Waals surface area contributed by atoms with Gasteiger partial charge in [0.25, 0.3) is 11.5 Å². The average molecular weight is 450 g/mol. The number of hydrogen-bond donors (Lipinski definition) is 2. The fraction of sp³-hybridized carbons (Fsp3) is 0.125. The second-order valence-electron chi connectivity index (χ2n) is 7.19. The van der Waals surface area contributed by atoms with Gasteiger partial charge in [0.1, 0.15) is 0 Å². The SMILES string of the molecule is O=C(NCc1ccc(Cl)cc1)c1ccc2c(=O)n(CCc3ccccc3)c(=S)[nH]c2c1. The Balaban J connectivity index is 1.53. The Hall–Kier alpha value is -3.22. The predicted octanol–water partition coefficient (Wildman–Crippen LogP) is 4.89. The van der Waals surface area contributed by atoms with Crippen molar-refractivity contribution in [1.82, 2.24) is 14.9 Å². The van der Waals surface area contributed by atoms with Gasteiger partial charge in [-0.3, -0.25) is 14.2 Å². The molecular weight excluding hydrogens is 430 g/mol. The molecule has 1 aromatic heterocycles. The quantitative estimate of drug-likeness (QED) is 0.412. The van der Waals surface area contributed by atoms with Gasteiger partial charge in [-0.1, -0.05) is 54.1 Å². The number of carbonyl (C=O) groups excluding carboxylic acids is 1. The molecule has 31 heavy (non-hydrogen) atoms. The van der Waals surface area contributed by atoms with Crippen LogP contribution < -0.4 is 10.9 Å². The number of hydrogen-bond acceptors (Lipinski definition) is 3. The van der Waals surface area contributed by atoms with E-state index < -0.39 is 0 Å². The van der Waals surface area contributed by atoms with Gasteiger partial charge in [0, 0.05) is 23.7 Å². The highest BCUT2D eigenvalue weighted by Gasteiger charge is 2.11. The first-order valence-electron chi connectivity index (χ1n) is 9.85. The first-order valence-corrected chi connectivity index (χ1v) is 10.6. The molecule has 0 atom stereocenters. The summed E-state index contributed by atoms with van der Waals surface area (Å²) in [4.78, 5) is 28.6. The highest BCUT2D eigenvalue weighted by Crippen LogP contribution is 2.13. The monoisotopic (exact) mass is 449 g/mol. The van der Waals surface area contributed by atoms with Crippen molar-refractivity contribution in [2.75, 3.05) is 0 Å². The van der Waals surface area contributed by atoms with Crippen LogP contribution in [0.2, 0.25) is 5.02 Å². The predicted molar refractivity (Wildman–Crippen MR) is 126 cm³/mol. The standard InChI is InChI=1S/C24H20ClN3O2S/c25-19-9-6-17(7-10-19)15-26-22(29)18-8-11-20-21(14-18)27-24(31)28(23(20)30)13-12-16-4-2-1-3-5-16/h1-11,14H,12-13,15H2,(H,26,29)(H,27,31). The van der Waals surface area contributed by atoms with Gasteiger partial charge in [-0.25, -0.2) is 0 Å². The molecule has 0 aliphatic carbocycles. The number of amides is 1. The molecule has 0 spiro atoms. The Bertz CT molecular complexity index is 1350. The van der Waals surface area contributed by atoms with Crippen LogP contribution in [0.5, 0.6) is 0 Å². The molecule has 0 aliphatic heterocycles. The number of H-pyrrole nitrogens is 1. The van der Waals surface area contributed by atoms with E-state index in [0.29, 0.717) is 45.8 Å². The molecule has 3 aromatic carbocycles. The maximum atomic E-state index is 13.0. The summed E-state index contributed by atoms with van der Waals surface area (Å²) in [5.41, 5.74) is 2.91. The molecule has 0 bridgehead atoms. The molecule has 0 saturated carbocycles. The van der Waals surface area contributed by atoms with Crippen molar-refractivity contribution in [3.63, 3.8) is 0 Å². The highest BCUT2D eigenvalue weighted by atomic mass is 35.5. The molecule has 0 radical (unpaired) electrons. The van der Waals surface area contributed by atoms with E-state index in [9.17, 15) is 9.59 Å². The van der Waals surface area contributed by atoms with Crippen molar-refractivity contribution in [3.05, 3.63) is 110 Å². The van der Waals surface area contributed by atoms with Crippen LogP contribution in [0.15, 0.2) is 77.6 Å². The molecule has 0 unspecified atom stereocenters. The Morgan fingerprint density at radius 3 is 2.48 bits per heavy atom. The summed E-state index contributed by atoms with van der Waals surface area (Å²) < 4.78 is 1.90. The lowest BCUT2D eigenvalue weighted by Crippen LogP contribution is -2.25. The Kier molecular flexibility index (Phi) is 6.30. The van der Waals surface area contributed by atoms with Crippen molar-refractivity contribution in [1.29, 1.82) is 0 Å². The van der Waals surface area contributed by atoms with Gasteiger partial charge in [0.15, 0.2) is 4.77 Å². The van der Waals surface area contributed by atoms with E-state index in [4.69, 9.17) is 23.8 Å². The smallest absolute Gasteiger partial charge is 0.262 e. The van der Waals surface area contributed by atoms with Gasteiger partial charge in [0.2, 0.25) is 0 Å². The van der Waals surface area contributed by atoms with Gasteiger partial charge in [0.05, 0.1) is 10.9 Å². The van der Waals surface area contributed by atoms with E-state index in [1.165, 1.54) is 0 Å². The van der Waals surface area contributed by atoms with Crippen LogP contribution in [-0.2, 0) is 19.5 Å². The molecule has 5 nitrogen and oxygen atoms in total. The molecule has 7 heteroatoms. The third-order valence-corrected chi connectivity index (χ3v) is 5.65. The molecule has 4 aromatic rings. The van der Waals surface area contributed by atoms with E-state index in [1.54, 1.807) is 34.9 Å². The molecule has 156 valence electrons. The second-order valence-corrected chi connectivity index (χ2v) is 8.02.